The molecule has 1 rings (SSSR count). The van der Waals surface area contributed by atoms with Gasteiger partial charge in [-0.1, -0.05) is 17.7 Å². The van der Waals surface area contributed by atoms with E-state index in [4.69, 9.17) is 16.7 Å². The number of carbonyl (C=O) groups is 1. The van der Waals surface area contributed by atoms with Crippen LogP contribution >= 0.6 is 11.6 Å². The zero-order chi connectivity index (χ0) is 10.6. The third-order valence-electron chi connectivity index (χ3n) is 1.85. The number of hydrogen-bond donors (Lipinski definition) is 1. The summed E-state index contributed by atoms with van der Waals surface area (Å²) in [6.07, 6.45) is 0. The number of amides is 1. The van der Waals surface area contributed by atoms with Gasteiger partial charge in [-0.05, 0) is 18.2 Å². The number of carbonyl (C=O) groups excluding carboxylic acids is 1. The Labute approximate surface area is 87.9 Å². The molecule has 0 bridgehead atoms. The molecule has 0 radical (unpaired) electrons. The van der Waals surface area contributed by atoms with Crippen molar-refractivity contribution in [3.05, 3.63) is 34.9 Å². The lowest BCUT2D eigenvalue weighted by atomic mass is 10.2. The Kier molecular flexibility index (Phi) is 3.92. The van der Waals surface area contributed by atoms with Gasteiger partial charge >= 0.3 is 0 Å². The number of rotatable bonds is 3. The number of aliphatic hydroxyl groups excluding tert-OH is 1. The Morgan fingerprint density at radius 3 is 2.86 bits per heavy atom. The van der Waals surface area contributed by atoms with Crippen molar-refractivity contribution in [2.24, 2.45) is 0 Å². The molecule has 0 spiro atoms. The Balaban J connectivity index is 2.78. The van der Waals surface area contributed by atoms with Crippen LogP contribution in [0.1, 0.15) is 10.4 Å². The maximum Gasteiger partial charge on any atom is 0.253 e. The van der Waals surface area contributed by atoms with E-state index in [9.17, 15) is 4.79 Å². The molecule has 3 nitrogen and oxygen atoms in total. The average Bonchev–Trinajstić information content (AvgIpc) is 2.17. The molecule has 0 aliphatic carbocycles. The van der Waals surface area contributed by atoms with E-state index < -0.39 is 0 Å². The van der Waals surface area contributed by atoms with Crippen LogP contribution < -0.4 is 0 Å². The lowest BCUT2D eigenvalue weighted by Crippen LogP contribution is -2.29. The zero-order valence-electron chi connectivity index (χ0n) is 7.90. The molecule has 0 saturated carbocycles. The van der Waals surface area contributed by atoms with Crippen LogP contribution in [0.25, 0.3) is 0 Å². The van der Waals surface area contributed by atoms with Crippen molar-refractivity contribution >= 4 is 17.5 Å². The molecular weight excluding hydrogens is 202 g/mol. The predicted molar refractivity (Wildman–Crippen MR) is 55.5 cm³/mol. The fourth-order valence-corrected chi connectivity index (χ4v) is 1.28. The number of nitrogens with zero attached hydrogens (tertiary/aromatic N) is 1. The predicted octanol–water partition coefficient (Wildman–Crippen LogP) is 1.40. The van der Waals surface area contributed by atoms with Gasteiger partial charge in [-0.2, -0.15) is 0 Å². The molecule has 0 fully saturated rings. The molecule has 0 unspecified atom stereocenters. The van der Waals surface area contributed by atoms with E-state index in [2.05, 4.69) is 0 Å². The number of halogens is 1. The van der Waals surface area contributed by atoms with Crippen molar-refractivity contribution in [1.82, 2.24) is 4.90 Å². The standard InChI is InChI=1S/C10H12ClNO2/c1-12(5-6-13)10(14)8-3-2-4-9(11)7-8/h2-4,7,13H,5-6H2,1H3. The highest BCUT2D eigenvalue weighted by molar-refractivity contribution is 6.30. The van der Waals surface area contributed by atoms with E-state index in [1.165, 1.54) is 4.90 Å². The summed E-state index contributed by atoms with van der Waals surface area (Å²) in [5, 5.41) is 9.20. The molecule has 0 saturated heterocycles. The Morgan fingerprint density at radius 1 is 1.57 bits per heavy atom. The molecule has 0 atom stereocenters. The molecule has 76 valence electrons. The van der Waals surface area contributed by atoms with E-state index in [0.29, 0.717) is 17.1 Å². The van der Waals surface area contributed by atoms with Crippen LogP contribution in [0.4, 0.5) is 0 Å². The van der Waals surface area contributed by atoms with E-state index in [1.807, 2.05) is 0 Å². The van der Waals surface area contributed by atoms with E-state index in [1.54, 1.807) is 31.3 Å². The normalized spacial score (nSPS) is 9.93. The second kappa shape index (κ2) is 4.98. The fraction of sp³-hybridized carbons (Fsp3) is 0.300. The first-order chi connectivity index (χ1) is 6.65. The molecule has 0 aliphatic rings. The summed E-state index contributed by atoms with van der Waals surface area (Å²) in [6.45, 7) is 0.286. The highest BCUT2D eigenvalue weighted by Gasteiger charge is 2.10. The van der Waals surface area contributed by atoms with Crippen LogP contribution in [0.3, 0.4) is 0 Å². The smallest absolute Gasteiger partial charge is 0.253 e. The van der Waals surface area contributed by atoms with Crippen LogP contribution in [-0.4, -0.2) is 36.1 Å². The van der Waals surface area contributed by atoms with Gasteiger partial charge in [0.1, 0.15) is 0 Å². The fourth-order valence-electron chi connectivity index (χ4n) is 1.09. The van der Waals surface area contributed by atoms with Crippen LogP contribution in [0.15, 0.2) is 24.3 Å². The largest absolute Gasteiger partial charge is 0.395 e. The zero-order valence-corrected chi connectivity index (χ0v) is 8.66. The number of hydrogen-bond acceptors (Lipinski definition) is 2. The van der Waals surface area contributed by atoms with Crippen LogP contribution in [0.2, 0.25) is 5.02 Å². The van der Waals surface area contributed by atoms with Crippen molar-refractivity contribution in [1.29, 1.82) is 0 Å². The van der Waals surface area contributed by atoms with Gasteiger partial charge < -0.3 is 10.0 Å². The van der Waals surface area contributed by atoms with Gasteiger partial charge in [0.15, 0.2) is 0 Å². The van der Waals surface area contributed by atoms with Gasteiger partial charge in [0, 0.05) is 24.2 Å². The van der Waals surface area contributed by atoms with Crippen molar-refractivity contribution in [2.75, 3.05) is 20.2 Å². The first kappa shape index (κ1) is 11.0. The van der Waals surface area contributed by atoms with E-state index in [0.717, 1.165) is 0 Å². The molecule has 1 N–H and O–H groups in total. The minimum atomic E-state index is -0.137. The van der Waals surface area contributed by atoms with E-state index in [-0.39, 0.29) is 12.5 Å². The lowest BCUT2D eigenvalue weighted by Gasteiger charge is -2.15. The molecule has 14 heavy (non-hydrogen) atoms. The minimum absolute atomic E-state index is 0.0389. The monoisotopic (exact) mass is 213 g/mol. The lowest BCUT2D eigenvalue weighted by molar-refractivity contribution is 0.0767. The summed E-state index contributed by atoms with van der Waals surface area (Å²) >= 11 is 5.75. The second-order valence-electron chi connectivity index (χ2n) is 2.96. The SMILES string of the molecule is CN(CCO)C(=O)c1cccc(Cl)c1. The number of benzene rings is 1. The quantitative estimate of drug-likeness (QED) is 0.825. The molecule has 0 aromatic heterocycles. The van der Waals surface area contributed by atoms with Gasteiger partial charge in [0.05, 0.1) is 6.61 Å². The Morgan fingerprint density at radius 2 is 2.29 bits per heavy atom. The van der Waals surface area contributed by atoms with Gasteiger partial charge in [-0.15, -0.1) is 0 Å². The van der Waals surface area contributed by atoms with Crippen molar-refractivity contribution in [2.45, 2.75) is 0 Å². The second-order valence-corrected chi connectivity index (χ2v) is 3.40. The molecular formula is C10H12ClNO2. The van der Waals surface area contributed by atoms with Crippen molar-refractivity contribution in [3.63, 3.8) is 0 Å². The summed E-state index contributed by atoms with van der Waals surface area (Å²) in [5.74, 6) is -0.137. The van der Waals surface area contributed by atoms with Gasteiger partial charge in [0.25, 0.3) is 5.91 Å². The Bertz CT molecular complexity index is 328. The van der Waals surface area contributed by atoms with Crippen LogP contribution in [0, 0.1) is 0 Å². The van der Waals surface area contributed by atoms with Crippen molar-refractivity contribution in [3.8, 4) is 0 Å². The van der Waals surface area contributed by atoms with Gasteiger partial charge in [-0.25, -0.2) is 0 Å². The van der Waals surface area contributed by atoms with Gasteiger partial charge in [0.2, 0.25) is 0 Å². The van der Waals surface area contributed by atoms with E-state index >= 15 is 0 Å². The third kappa shape index (κ3) is 2.72. The Hall–Kier alpha value is -1.06. The molecule has 0 heterocycles. The summed E-state index contributed by atoms with van der Waals surface area (Å²) in [7, 11) is 1.64. The molecule has 0 aliphatic heterocycles. The maximum atomic E-state index is 11.6. The topological polar surface area (TPSA) is 40.5 Å². The summed E-state index contributed by atoms with van der Waals surface area (Å²) in [4.78, 5) is 13.1. The van der Waals surface area contributed by atoms with Crippen LogP contribution in [0.5, 0.6) is 0 Å². The molecule has 1 amide bonds. The number of likely N-dealkylation sites (N-methyl/N-ethyl adjacent to an activating group) is 1. The van der Waals surface area contributed by atoms with Gasteiger partial charge in [-0.3, -0.25) is 4.79 Å². The van der Waals surface area contributed by atoms with Crippen LogP contribution in [-0.2, 0) is 0 Å². The minimum Gasteiger partial charge on any atom is -0.395 e. The van der Waals surface area contributed by atoms with Crippen molar-refractivity contribution < 1.29 is 9.90 Å². The molecule has 4 heteroatoms. The average molecular weight is 214 g/mol. The highest BCUT2D eigenvalue weighted by atomic mass is 35.5. The first-order valence-electron chi connectivity index (χ1n) is 4.27. The third-order valence-corrected chi connectivity index (χ3v) is 2.09. The maximum absolute atomic E-state index is 11.6. The highest BCUT2D eigenvalue weighted by Crippen LogP contribution is 2.11. The molecule has 1 aromatic carbocycles. The summed E-state index contributed by atoms with van der Waals surface area (Å²) in [5.41, 5.74) is 0.536. The molecule has 1 aromatic rings. The summed E-state index contributed by atoms with van der Waals surface area (Å²) in [6, 6.07) is 6.74. The number of aliphatic hydroxyl groups is 1. The summed E-state index contributed by atoms with van der Waals surface area (Å²) < 4.78 is 0. The first-order valence-corrected chi connectivity index (χ1v) is 4.65.